The van der Waals surface area contributed by atoms with Gasteiger partial charge >= 0.3 is 0 Å². The predicted molar refractivity (Wildman–Crippen MR) is 111 cm³/mol. The van der Waals surface area contributed by atoms with Crippen LogP contribution in [0.25, 0.3) is 0 Å². The van der Waals surface area contributed by atoms with Crippen molar-refractivity contribution in [3.8, 4) is 5.75 Å². The number of benzene rings is 1. The van der Waals surface area contributed by atoms with Gasteiger partial charge < -0.3 is 14.7 Å². The molecule has 1 aromatic heterocycles. The maximum Gasteiger partial charge on any atom is 0.119 e. The molecule has 6 nitrogen and oxygen atoms in total. The second kappa shape index (κ2) is 10.0. The van der Waals surface area contributed by atoms with Crippen LogP contribution >= 0.6 is 0 Å². The highest BCUT2D eigenvalue weighted by Crippen LogP contribution is 2.36. The lowest BCUT2D eigenvalue weighted by Crippen LogP contribution is -2.44. The number of hydrogen-bond acceptors (Lipinski definition) is 5. The second-order valence-corrected chi connectivity index (χ2v) is 7.92. The molecule has 0 saturated carbocycles. The normalized spacial score (nSPS) is 21.8. The molecular weight excluding hydrogens is 352 g/mol. The van der Waals surface area contributed by atoms with Gasteiger partial charge in [0.1, 0.15) is 18.5 Å². The van der Waals surface area contributed by atoms with Crippen LogP contribution in [0.4, 0.5) is 0 Å². The van der Waals surface area contributed by atoms with E-state index in [2.05, 4.69) is 35.1 Å². The van der Waals surface area contributed by atoms with Crippen molar-refractivity contribution in [1.29, 1.82) is 0 Å². The molecule has 154 valence electrons. The van der Waals surface area contributed by atoms with Crippen LogP contribution in [0.1, 0.15) is 31.4 Å². The lowest BCUT2D eigenvalue weighted by Gasteiger charge is -2.42. The Kier molecular flexibility index (Phi) is 7.48. The lowest BCUT2D eigenvalue weighted by molar-refractivity contribution is 0.0454. The van der Waals surface area contributed by atoms with Gasteiger partial charge in [-0.05, 0) is 51.0 Å². The highest BCUT2D eigenvalue weighted by molar-refractivity contribution is 5.20. The standard InChI is InChI=1S/C22H34N4O2/c1-4-26-12-8-9-18(22(26)19-13-23-25(3)15-19)14-24(2)16-20(27)17-28-21-10-6-5-7-11-21/h5-7,10-11,13,15,18,20,22,27H,4,8-9,12,14,16-17H2,1-3H3/t18-,20?,22+/m0/s1. The summed E-state index contributed by atoms with van der Waals surface area (Å²) in [6, 6.07) is 10.1. The van der Waals surface area contributed by atoms with Gasteiger partial charge in [0, 0.05) is 37.9 Å². The van der Waals surface area contributed by atoms with Gasteiger partial charge in [-0.3, -0.25) is 9.58 Å². The quantitative estimate of drug-likeness (QED) is 0.718. The highest BCUT2D eigenvalue weighted by Gasteiger charge is 2.33. The van der Waals surface area contributed by atoms with Crippen molar-refractivity contribution in [2.24, 2.45) is 13.0 Å². The van der Waals surface area contributed by atoms with E-state index in [9.17, 15) is 5.11 Å². The minimum atomic E-state index is -0.507. The van der Waals surface area contributed by atoms with Crippen molar-refractivity contribution in [3.63, 3.8) is 0 Å². The fourth-order valence-corrected chi connectivity index (χ4v) is 4.37. The first-order valence-electron chi connectivity index (χ1n) is 10.3. The van der Waals surface area contributed by atoms with Crippen molar-refractivity contribution in [3.05, 3.63) is 48.3 Å². The molecule has 2 aromatic rings. The van der Waals surface area contributed by atoms with E-state index >= 15 is 0 Å². The largest absolute Gasteiger partial charge is 0.491 e. The summed E-state index contributed by atoms with van der Waals surface area (Å²) in [5, 5.41) is 14.8. The zero-order chi connectivity index (χ0) is 19.9. The zero-order valence-corrected chi connectivity index (χ0v) is 17.4. The number of aryl methyl sites for hydroxylation is 1. The Morgan fingerprint density at radius 3 is 2.79 bits per heavy atom. The molecule has 1 aliphatic rings. The molecule has 3 atom stereocenters. The van der Waals surface area contributed by atoms with Gasteiger partial charge in [0.15, 0.2) is 0 Å². The van der Waals surface area contributed by atoms with Crippen LogP contribution in [0.15, 0.2) is 42.7 Å². The molecule has 1 aliphatic heterocycles. The molecule has 1 unspecified atom stereocenters. The average molecular weight is 387 g/mol. The Hall–Kier alpha value is -1.89. The molecule has 0 amide bonds. The third-order valence-corrected chi connectivity index (χ3v) is 5.59. The molecule has 0 bridgehead atoms. The van der Waals surface area contributed by atoms with E-state index in [4.69, 9.17) is 4.74 Å². The molecule has 0 radical (unpaired) electrons. The van der Waals surface area contributed by atoms with Crippen LogP contribution in [-0.2, 0) is 7.05 Å². The Balaban J connectivity index is 1.55. The summed E-state index contributed by atoms with van der Waals surface area (Å²) in [6.45, 7) is 6.30. The first-order valence-corrected chi connectivity index (χ1v) is 10.3. The van der Waals surface area contributed by atoms with Gasteiger partial charge in [0.2, 0.25) is 0 Å². The van der Waals surface area contributed by atoms with Gasteiger partial charge in [-0.25, -0.2) is 0 Å². The number of rotatable bonds is 9. The molecule has 0 spiro atoms. The van der Waals surface area contributed by atoms with E-state index in [-0.39, 0.29) is 0 Å². The van der Waals surface area contributed by atoms with Crippen LogP contribution in [0.5, 0.6) is 5.75 Å². The molecule has 6 heteroatoms. The van der Waals surface area contributed by atoms with Crippen molar-refractivity contribution in [1.82, 2.24) is 19.6 Å². The molecule has 28 heavy (non-hydrogen) atoms. The molecule has 1 fully saturated rings. The van der Waals surface area contributed by atoms with Crippen LogP contribution in [-0.4, -0.2) is 70.6 Å². The first kappa shape index (κ1) is 20.8. The van der Waals surface area contributed by atoms with E-state index in [1.54, 1.807) is 0 Å². The Labute approximate surface area is 168 Å². The van der Waals surface area contributed by atoms with Crippen molar-refractivity contribution in [2.45, 2.75) is 31.9 Å². The maximum absolute atomic E-state index is 10.4. The molecule has 1 N–H and O–H groups in total. The summed E-state index contributed by atoms with van der Waals surface area (Å²) in [5.74, 6) is 1.33. The molecular formula is C22H34N4O2. The number of aliphatic hydroxyl groups is 1. The Bertz CT molecular complexity index is 706. The molecule has 1 aromatic carbocycles. The van der Waals surface area contributed by atoms with Gasteiger partial charge in [-0.2, -0.15) is 5.10 Å². The number of para-hydroxylation sites is 1. The minimum Gasteiger partial charge on any atom is -0.491 e. The van der Waals surface area contributed by atoms with Gasteiger partial charge in [0.05, 0.1) is 6.20 Å². The Morgan fingerprint density at radius 2 is 2.11 bits per heavy atom. The van der Waals surface area contributed by atoms with Crippen molar-refractivity contribution >= 4 is 0 Å². The monoisotopic (exact) mass is 386 g/mol. The predicted octanol–water partition coefficient (Wildman–Crippen LogP) is 2.56. The fraction of sp³-hybridized carbons (Fsp3) is 0.591. The number of aromatic nitrogens is 2. The van der Waals surface area contributed by atoms with Crippen LogP contribution in [0, 0.1) is 5.92 Å². The summed E-state index contributed by atoms with van der Waals surface area (Å²) in [4.78, 5) is 4.81. The number of nitrogens with zero attached hydrogens (tertiary/aromatic N) is 4. The third-order valence-electron chi connectivity index (χ3n) is 5.59. The van der Waals surface area contributed by atoms with E-state index in [0.717, 1.165) is 25.4 Å². The number of hydrogen-bond donors (Lipinski definition) is 1. The molecule has 0 aliphatic carbocycles. The van der Waals surface area contributed by atoms with E-state index in [0.29, 0.717) is 25.1 Å². The van der Waals surface area contributed by atoms with E-state index in [1.165, 1.54) is 18.4 Å². The maximum atomic E-state index is 10.4. The zero-order valence-electron chi connectivity index (χ0n) is 17.4. The summed E-state index contributed by atoms with van der Waals surface area (Å²) in [5.41, 5.74) is 1.30. The second-order valence-electron chi connectivity index (χ2n) is 7.92. The summed E-state index contributed by atoms with van der Waals surface area (Å²) in [7, 11) is 4.07. The summed E-state index contributed by atoms with van der Waals surface area (Å²) >= 11 is 0. The number of piperidine rings is 1. The number of aliphatic hydroxyl groups excluding tert-OH is 1. The average Bonchev–Trinajstić information content (AvgIpc) is 3.12. The minimum absolute atomic E-state index is 0.312. The summed E-state index contributed by atoms with van der Waals surface area (Å²) in [6.07, 6.45) is 6.08. The SMILES string of the molecule is CCN1CCC[C@@H](CN(C)CC(O)COc2ccccc2)[C@@H]1c1cnn(C)c1. The van der Waals surface area contributed by atoms with Crippen LogP contribution in [0.2, 0.25) is 0 Å². The third kappa shape index (κ3) is 5.56. The number of likely N-dealkylation sites (N-methyl/N-ethyl adjacent to an activating group) is 1. The molecule has 3 rings (SSSR count). The summed E-state index contributed by atoms with van der Waals surface area (Å²) < 4.78 is 7.58. The topological polar surface area (TPSA) is 53.8 Å². The highest BCUT2D eigenvalue weighted by atomic mass is 16.5. The van der Waals surface area contributed by atoms with Crippen molar-refractivity contribution < 1.29 is 9.84 Å². The van der Waals surface area contributed by atoms with E-state index < -0.39 is 6.10 Å². The Morgan fingerprint density at radius 1 is 1.32 bits per heavy atom. The van der Waals surface area contributed by atoms with Crippen molar-refractivity contribution in [2.75, 3.05) is 39.8 Å². The molecule has 2 heterocycles. The van der Waals surface area contributed by atoms with Gasteiger partial charge in [-0.15, -0.1) is 0 Å². The molecule has 1 saturated heterocycles. The van der Waals surface area contributed by atoms with Crippen LogP contribution < -0.4 is 4.74 Å². The lowest BCUT2D eigenvalue weighted by atomic mass is 9.85. The van der Waals surface area contributed by atoms with Crippen LogP contribution in [0.3, 0.4) is 0 Å². The van der Waals surface area contributed by atoms with E-state index in [1.807, 2.05) is 48.3 Å². The fourth-order valence-electron chi connectivity index (χ4n) is 4.37. The smallest absolute Gasteiger partial charge is 0.119 e. The first-order chi connectivity index (χ1) is 13.6. The number of ether oxygens (including phenoxy) is 1. The number of likely N-dealkylation sites (tertiary alicyclic amines) is 1. The van der Waals surface area contributed by atoms with Gasteiger partial charge in [-0.1, -0.05) is 25.1 Å². The van der Waals surface area contributed by atoms with Gasteiger partial charge in [0.25, 0.3) is 0 Å².